The molecule has 1 aliphatic heterocycles. The van der Waals surface area contributed by atoms with Gasteiger partial charge < -0.3 is 9.64 Å². The zero-order valence-electron chi connectivity index (χ0n) is 13.4. The molecule has 4 nitrogen and oxygen atoms in total. The van der Waals surface area contributed by atoms with Crippen molar-refractivity contribution in [2.24, 2.45) is 0 Å². The quantitative estimate of drug-likeness (QED) is 0.806. The second kappa shape index (κ2) is 8.51. The number of methoxy groups -OCH3 is 1. The third-order valence-electron chi connectivity index (χ3n) is 4.20. The first-order chi connectivity index (χ1) is 10.6. The summed E-state index contributed by atoms with van der Waals surface area (Å²) in [5, 5.41) is 0.757. The number of nitrogens with zero attached hydrogens (tertiary/aromatic N) is 2. The van der Waals surface area contributed by atoms with Gasteiger partial charge in [-0.2, -0.15) is 0 Å². The van der Waals surface area contributed by atoms with E-state index in [0.717, 1.165) is 37.5 Å². The number of rotatable bonds is 6. The molecule has 0 radical (unpaired) electrons. The molecule has 1 amide bonds. The van der Waals surface area contributed by atoms with Gasteiger partial charge in [-0.1, -0.05) is 23.7 Å². The highest BCUT2D eigenvalue weighted by molar-refractivity contribution is 6.30. The highest BCUT2D eigenvalue weighted by Crippen LogP contribution is 2.27. The van der Waals surface area contributed by atoms with E-state index in [9.17, 15) is 4.79 Å². The average molecular weight is 325 g/mol. The van der Waals surface area contributed by atoms with E-state index in [4.69, 9.17) is 16.3 Å². The Bertz CT molecular complexity index is 478. The number of halogens is 1. The normalized spacial score (nSPS) is 18.7. The molecule has 1 aromatic carbocycles. The highest BCUT2D eigenvalue weighted by Gasteiger charge is 2.25. The van der Waals surface area contributed by atoms with Crippen molar-refractivity contribution < 1.29 is 9.53 Å². The Morgan fingerprint density at radius 3 is 2.82 bits per heavy atom. The number of hydrogen-bond acceptors (Lipinski definition) is 3. The summed E-state index contributed by atoms with van der Waals surface area (Å²) in [4.78, 5) is 16.4. The highest BCUT2D eigenvalue weighted by atomic mass is 35.5. The van der Waals surface area contributed by atoms with Crippen molar-refractivity contribution in [3.63, 3.8) is 0 Å². The summed E-state index contributed by atoms with van der Waals surface area (Å²) < 4.78 is 5.05. The van der Waals surface area contributed by atoms with Crippen LogP contribution in [0.5, 0.6) is 0 Å². The molecule has 2 rings (SSSR count). The van der Waals surface area contributed by atoms with E-state index >= 15 is 0 Å². The first-order valence-electron chi connectivity index (χ1n) is 7.81. The molecule has 122 valence electrons. The van der Waals surface area contributed by atoms with Crippen LogP contribution in [-0.4, -0.2) is 62.7 Å². The van der Waals surface area contributed by atoms with Crippen LogP contribution in [0.4, 0.5) is 0 Å². The second-order valence-electron chi connectivity index (χ2n) is 5.96. The lowest BCUT2D eigenvalue weighted by atomic mass is 9.90. The summed E-state index contributed by atoms with van der Waals surface area (Å²) in [7, 11) is 3.63. The maximum absolute atomic E-state index is 12.4. The monoisotopic (exact) mass is 324 g/mol. The minimum Gasteiger partial charge on any atom is -0.383 e. The largest absolute Gasteiger partial charge is 0.383 e. The number of amides is 1. The molecule has 1 aromatic rings. The van der Waals surface area contributed by atoms with Gasteiger partial charge in [-0.25, -0.2) is 0 Å². The Labute approximate surface area is 138 Å². The van der Waals surface area contributed by atoms with E-state index in [0.29, 0.717) is 19.1 Å². The fourth-order valence-corrected chi connectivity index (χ4v) is 2.99. The van der Waals surface area contributed by atoms with E-state index in [1.54, 1.807) is 7.11 Å². The summed E-state index contributed by atoms with van der Waals surface area (Å²) in [6, 6.07) is 8.00. The Hall–Kier alpha value is -1.10. The topological polar surface area (TPSA) is 32.8 Å². The third kappa shape index (κ3) is 4.97. The Balaban J connectivity index is 1.89. The smallest absolute Gasteiger partial charge is 0.236 e. The van der Waals surface area contributed by atoms with Gasteiger partial charge in [-0.15, -0.1) is 0 Å². The molecule has 22 heavy (non-hydrogen) atoms. The molecule has 5 heteroatoms. The number of piperidine rings is 1. The van der Waals surface area contributed by atoms with Gasteiger partial charge in [0.05, 0.1) is 13.2 Å². The van der Waals surface area contributed by atoms with Crippen molar-refractivity contribution in [1.82, 2.24) is 9.80 Å². The van der Waals surface area contributed by atoms with Crippen LogP contribution in [0.25, 0.3) is 0 Å². The first-order valence-corrected chi connectivity index (χ1v) is 8.18. The number of likely N-dealkylation sites (N-methyl/N-ethyl adjacent to an activating group) is 1. The van der Waals surface area contributed by atoms with Gasteiger partial charge in [0.15, 0.2) is 0 Å². The minimum absolute atomic E-state index is 0.206. The standard InChI is InChI=1S/C17H25ClN2O2/c1-19(10-11-22-2)13-17(21)20-9-3-4-15(12-20)14-5-7-16(18)8-6-14/h5-8,15H,3-4,9-13H2,1-2H3. The molecule has 1 aliphatic rings. The van der Waals surface area contributed by atoms with Crippen LogP contribution in [0.1, 0.15) is 24.3 Å². The molecule has 1 atom stereocenters. The second-order valence-corrected chi connectivity index (χ2v) is 6.40. The zero-order valence-corrected chi connectivity index (χ0v) is 14.2. The molecular formula is C17H25ClN2O2. The van der Waals surface area contributed by atoms with Crippen molar-refractivity contribution >= 4 is 17.5 Å². The Kier molecular flexibility index (Phi) is 6.68. The molecule has 0 spiro atoms. The van der Waals surface area contributed by atoms with Crippen LogP contribution in [-0.2, 0) is 9.53 Å². The molecule has 0 N–H and O–H groups in total. The molecule has 1 saturated heterocycles. The van der Waals surface area contributed by atoms with Gasteiger partial charge in [0.1, 0.15) is 0 Å². The van der Waals surface area contributed by atoms with Gasteiger partial charge in [0.25, 0.3) is 0 Å². The summed E-state index contributed by atoms with van der Waals surface area (Å²) in [6.45, 7) is 3.55. The average Bonchev–Trinajstić information content (AvgIpc) is 2.53. The van der Waals surface area contributed by atoms with E-state index in [-0.39, 0.29) is 5.91 Å². The predicted octanol–water partition coefficient (Wildman–Crippen LogP) is 2.62. The van der Waals surface area contributed by atoms with Gasteiger partial charge in [0, 0.05) is 37.7 Å². The number of carbonyl (C=O) groups is 1. The zero-order chi connectivity index (χ0) is 15.9. The first kappa shape index (κ1) is 17.3. The van der Waals surface area contributed by atoms with Crippen LogP contribution in [0.2, 0.25) is 5.02 Å². The lowest BCUT2D eigenvalue weighted by molar-refractivity contribution is -0.133. The molecule has 0 aliphatic carbocycles. The number of likely N-dealkylation sites (tertiary alicyclic amines) is 1. The number of benzene rings is 1. The third-order valence-corrected chi connectivity index (χ3v) is 4.45. The van der Waals surface area contributed by atoms with Crippen LogP contribution in [0, 0.1) is 0 Å². The maximum atomic E-state index is 12.4. The van der Waals surface area contributed by atoms with Crippen LogP contribution < -0.4 is 0 Å². The lowest BCUT2D eigenvalue weighted by Crippen LogP contribution is -2.44. The number of ether oxygens (including phenoxy) is 1. The fraction of sp³-hybridized carbons (Fsp3) is 0.588. The lowest BCUT2D eigenvalue weighted by Gasteiger charge is -2.34. The van der Waals surface area contributed by atoms with Crippen LogP contribution in [0.15, 0.2) is 24.3 Å². The van der Waals surface area contributed by atoms with Gasteiger partial charge in [-0.3, -0.25) is 9.69 Å². The van der Waals surface area contributed by atoms with Crippen molar-refractivity contribution in [3.05, 3.63) is 34.9 Å². The van der Waals surface area contributed by atoms with Crippen LogP contribution in [0.3, 0.4) is 0 Å². The van der Waals surface area contributed by atoms with Crippen molar-refractivity contribution in [2.45, 2.75) is 18.8 Å². The maximum Gasteiger partial charge on any atom is 0.236 e. The minimum atomic E-state index is 0.206. The molecule has 1 fully saturated rings. The van der Waals surface area contributed by atoms with Crippen molar-refractivity contribution in [2.75, 3.05) is 46.9 Å². The van der Waals surface area contributed by atoms with Crippen LogP contribution >= 0.6 is 11.6 Å². The molecule has 0 saturated carbocycles. The fourth-order valence-electron chi connectivity index (χ4n) is 2.87. The van der Waals surface area contributed by atoms with Crippen molar-refractivity contribution in [1.29, 1.82) is 0 Å². The summed E-state index contributed by atoms with van der Waals surface area (Å²) in [6.07, 6.45) is 2.19. The SMILES string of the molecule is COCCN(C)CC(=O)N1CCCC(c2ccc(Cl)cc2)C1. The summed E-state index contributed by atoms with van der Waals surface area (Å²) in [5.41, 5.74) is 1.27. The predicted molar refractivity (Wildman–Crippen MR) is 89.4 cm³/mol. The van der Waals surface area contributed by atoms with E-state index in [2.05, 4.69) is 12.1 Å². The summed E-state index contributed by atoms with van der Waals surface area (Å²) >= 11 is 5.95. The molecule has 0 aromatic heterocycles. The molecule has 0 bridgehead atoms. The van der Waals surface area contributed by atoms with Gasteiger partial charge in [0.2, 0.25) is 5.91 Å². The molecular weight excluding hydrogens is 300 g/mol. The van der Waals surface area contributed by atoms with Gasteiger partial charge in [-0.05, 0) is 37.6 Å². The van der Waals surface area contributed by atoms with Crippen molar-refractivity contribution in [3.8, 4) is 0 Å². The number of hydrogen-bond donors (Lipinski definition) is 0. The van der Waals surface area contributed by atoms with Gasteiger partial charge >= 0.3 is 0 Å². The summed E-state index contributed by atoms with van der Waals surface area (Å²) in [5.74, 6) is 0.622. The molecule has 1 heterocycles. The Morgan fingerprint density at radius 1 is 1.41 bits per heavy atom. The molecule has 1 unspecified atom stereocenters. The Morgan fingerprint density at radius 2 is 2.14 bits per heavy atom. The van der Waals surface area contributed by atoms with E-state index < -0.39 is 0 Å². The number of carbonyl (C=O) groups excluding carboxylic acids is 1. The van der Waals surface area contributed by atoms with E-state index in [1.807, 2.05) is 29.0 Å². The van der Waals surface area contributed by atoms with E-state index in [1.165, 1.54) is 5.56 Å².